The lowest BCUT2D eigenvalue weighted by Crippen LogP contribution is -2.10. The van der Waals surface area contributed by atoms with Gasteiger partial charge in [-0.2, -0.15) is 0 Å². The summed E-state index contributed by atoms with van der Waals surface area (Å²) in [6.45, 7) is 0. The Bertz CT molecular complexity index is 647. The number of nitrogens with two attached hydrogens (primary N) is 1. The third-order valence-corrected chi connectivity index (χ3v) is 4.74. The molecule has 2 aromatic rings. The Balaban J connectivity index is 2.32. The third kappa shape index (κ3) is 3.48. The van der Waals surface area contributed by atoms with Gasteiger partial charge in [0.25, 0.3) is 0 Å². The molecule has 3 N–H and O–H groups in total. The molecule has 0 aliphatic rings. The highest BCUT2D eigenvalue weighted by Gasteiger charge is 2.07. The highest BCUT2D eigenvalue weighted by molar-refractivity contribution is 9.11. The molecule has 0 aliphatic heterocycles. The van der Waals surface area contributed by atoms with Crippen LogP contribution in [0.4, 0.5) is 11.4 Å². The number of anilines is 2. The Morgan fingerprint density at radius 1 is 1.21 bits per heavy atom. The molecular weight excluding hydrogens is 411 g/mol. The van der Waals surface area contributed by atoms with E-state index in [0.29, 0.717) is 10.0 Å². The Kier molecular flexibility index (Phi) is 4.84. The van der Waals surface area contributed by atoms with Crippen LogP contribution in [0.5, 0.6) is 0 Å². The summed E-state index contributed by atoms with van der Waals surface area (Å²) < 4.78 is 1.68. The number of thiocarbonyl (C=S) groups is 1. The van der Waals surface area contributed by atoms with E-state index >= 15 is 0 Å². The van der Waals surface area contributed by atoms with Gasteiger partial charge in [0.1, 0.15) is 4.99 Å². The zero-order chi connectivity index (χ0) is 14.0. The summed E-state index contributed by atoms with van der Waals surface area (Å²) in [4.78, 5) is 0.363. The molecule has 19 heavy (non-hydrogen) atoms. The van der Waals surface area contributed by atoms with Crippen molar-refractivity contribution in [3.63, 3.8) is 0 Å². The Hall–Kier alpha value is -0.620. The van der Waals surface area contributed by atoms with Crippen LogP contribution >= 0.6 is 55.7 Å². The zero-order valence-corrected chi connectivity index (χ0v) is 14.3. The molecule has 2 nitrogen and oxygen atoms in total. The quantitative estimate of drug-likeness (QED) is 0.667. The summed E-state index contributed by atoms with van der Waals surface area (Å²) in [5.41, 5.74) is 8.23. The van der Waals surface area contributed by atoms with Gasteiger partial charge in [-0.25, -0.2) is 0 Å². The van der Waals surface area contributed by atoms with Crippen LogP contribution in [-0.4, -0.2) is 4.99 Å². The van der Waals surface area contributed by atoms with Crippen molar-refractivity contribution in [1.82, 2.24) is 0 Å². The van der Waals surface area contributed by atoms with Gasteiger partial charge in [0.15, 0.2) is 0 Å². The smallest absolute Gasteiger partial charge is 0.105 e. The van der Waals surface area contributed by atoms with Crippen LogP contribution in [0, 0.1) is 0 Å². The molecule has 0 saturated heterocycles. The molecule has 0 saturated carbocycles. The van der Waals surface area contributed by atoms with Crippen LogP contribution < -0.4 is 11.1 Å². The summed E-state index contributed by atoms with van der Waals surface area (Å²) in [6, 6.07) is 11.3. The number of benzene rings is 2. The van der Waals surface area contributed by atoms with Gasteiger partial charge in [-0.1, -0.05) is 29.9 Å². The summed E-state index contributed by atoms with van der Waals surface area (Å²) in [5.74, 6) is 0. The van der Waals surface area contributed by atoms with E-state index in [1.54, 1.807) is 0 Å². The second-order valence-corrected chi connectivity index (χ2v) is 6.28. The fourth-order valence-corrected chi connectivity index (χ4v) is 2.99. The van der Waals surface area contributed by atoms with E-state index in [9.17, 15) is 0 Å². The van der Waals surface area contributed by atoms with E-state index in [1.165, 1.54) is 0 Å². The van der Waals surface area contributed by atoms with E-state index in [2.05, 4.69) is 37.2 Å². The summed E-state index contributed by atoms with van der Waals surface area (Å²) in [6.07, 6.45) is 0. The first-order chi connectivity index (χ1) is 8.99. The SMILES string of the molecule is NC(=S)c1ccc(Nc2cccc(Cl)c2Br)cc1Br. The van der Waals surface area contributed by atoms with Crippen molar-refractivity contribution in [1.29, 1.82) is 0 Å². The minimum absolute atomic E-state index is 0.363. The average molecular weight is 421 g/mol. The van der Waals surface area contributed by atoms with Gasteiger partial charge < -0.3 is 11.1 Å². The average Bonchev–Trinajstić information content (AvgIpc) is 2.34. The fraction of sp³-hybridized carbons (Fsp3) is 0. The number of halogens is 3. The second-order valence-electron chi connectivity index (χ2n) is 3.79. The molecule has 0 atom stereocenters. The molecule has 0 heterocycles. The molecule has 2 rings (SSSR count). The van der Waals surface area contributed by atoms with Gasteiger partial charge >= 0.3 is 0 Å². The standard InChI is InChI=1S/C13H9Br2ClN2S/c14-9-6-7(4-5-8(9)13(17)19)18-11-3-1-2-10(16)12(11)15/h1-6,18H,(H2,17,19). The van der Waals surface area contributed by atoms with E-state index in [4.69, 9.17) is 29.6 Å². The molecule has 2 aromatic carbocycles. The van der Waals surface area contributed by atoms with E-state index in [-0.39, 0.29) is 0 Å². The summed E-state index contributed by atoms with van der Waals surface area (Å²) in [7, 11) is 0. The third-order valence-electron chi connectivity index (χ3n) is 2.47. The van der Waals surface area contributed by atoms with Gasteiger partial charge in [-0.3, -0.25) is 0 Å². The highest BCUT2D eigenvalue weighted by atomic mass is 79.9. The van der Waals surface area contributed by atoms with Crippen LogP contribution in [0.2, 0.25) is 5.02 Å². The number of hydrogen-bond acceptors (Lipinski definition) is 2. The Morgan fingerprint density at radius 2 is 1.95 bits per heavy atom. The first-order valence-corrected chi connectivity index (χ1v) is 7.66. The molecule has 0 aromatic heterocycles. The second kappa shape index (κ2) is 6.22. The Morgan fingerprint density at radius 3 is 2.58 bits per heavy atom. The monoisotopic (exact) mass is 418 g/mol. The van der Waals surface area contributed by atoms with Crippen LogP contribution in [0.1, 0.15) is 5.56 Å². The molecule has 6 heteroatoms. The van der Waals surface area contributed by atoms with Crippen LogP contribution in [0.3, 0.4) is 0 Å². The zero-order valence-electron chi connectivity index (χ0n) is 9.58. The van der Waals surface area contributed by atoms with Crippen molar-refractivity contribution in [2.45, 2.75) is 0 Å². The number of nitrogens with one attached hydrogen (secondary N) is 1. The Labute approximate surface area is 138 Å². The number of rotatable bonds is 3. The first-order valence-electron chi connectivity index (χ1n) is 5.29. The predicted octanol–water partition coefficient (Wildman–Crippen LogP) is 5.24. The van der Waals surface area contributed by atoms with Crippen LogP contribution in [0.15, 0.2) is 45.3 Å². The maximum Gasteiger partial charge on any atom is 0.105 e. The molecule has 0 unspecified atom stereocenters. The molecule has 0 fully saturated rings. The van der Waals surface area contributed by atoms with Crippen LogP contribution in [-0.2, 0) is 0 Å². The lowest BCUT2D eigenvalue weighted by molar-refractivity contribution is 1.50. The fourth-order valence-electron chi connectivity index (χ4n) is 1.55. The summed E-state index contributed by atoms with van der Waals surface area (Å²) in [5, 5.41) is 3.93. The molecule has 0 amide bonds. The molecule has 0 bridgehead atoms. The largest absolute Gasteiger partial charge is 0.389 e. The molecular formula is C13H9Br2ClN2S. The van der Waals surface area contributed by atoms with Gasteiger partial charge in [-0.05, 0) is 62.2 Å². The van der Waals surface area contributed by atoms with Crippen molar-refractivity contribution >= 4 is 72.0 Å². The van der Waals surface area contributed by atoms with Crippen molar-refractivity contribution in [3.05, 3.63) is 55.9 Å². The topological polar surface area (TPSA) is 38.0 Å². The van der Waals surface area contributed by atoms with Crippen molar-refractivity contribution < 1.29 is 0 Å². The molecule has 98 valence electrons. The van der Waals surface area contributed by atoms with E-state index in [1.807, 2.05) is 36.4 Å². The molecule has 0 radical (unpaired) electrons. The van der Waals surface area contributed by atoms with Gasteiger partial charge in [0.05, 0.1) is 15.2 Å². The maximum atomic E-state index is 6.05. The van der Waals surface area contributed by atoms with E-state index < -0.39 is 0 Å². The molecule has 0 aliphatic carbocycles. The van der Waals surface area contributed by atoms with E-state index in [0.717, 1.165) is 25.9 Å². The van der Waals surface area contributed by atoms with Gasteiger partial charge in [-0.15, -0.1) is 0 Å². The minimum atomic E-state index is 0.363. The maximum absolute atomic E-state index is 6.05. The lowest BCUT2D eigenvalue weighted by atomic mass is 10.2. The number of hydrogen-bond donors (Lipinski definition) is 2. The van der Waals surface area contributed by atoms with Crippen LogP contribution in [0.25, 0.3) is 0 Å². The highest BCUT2D eigenvalue weighted by Crippen LogP contribution is 2.33. The first kappa shape index (κ1) is 14.8. The summed E-state index contributed by atoms with van der Waals surface area (Å²) >= 11 is 17.9. The van der Waals surface area contributed by atoms with Crippen molar-refractivity contribution in [3.8, 4) is 0 Å². The lowest BCUT2D eigenvalue weighted by Gasteiger charge is -2.11. The normalized spacial score (nSPS) is 10.3. The van der Waals surface area contributed by atoms with Gasteiger partial charge in [0, 0.05) is 15.7 Å². The predicted molar refractivity (Wildman–Crippen MR) is 92.5 cm³/mol. The van der Waals surface area contributed by atoms with Crippen molar-refractivity contribution in [2.24, 2.45) is 5.73 Å². The van der Waals surface area contributed by atoms with Gasteiger partial charge in [0.2, 0.25) is 0 Å². The minimum Gasteiger partial charge on any atom is -0.389 e. The molecule has 0 spiro atoms. The van der Waals surface area contributed by atoms with Crippen molar-refractivity contribution in [2.75, 3.05) is 5.32 Å².